The first-order valence-corrected chi connectivity index (χ1v) is 7.78. The predicted molar refractivity (Wildman–Crippen MR) is 92.7 cm³/mol. The van der Waals surface area contributed by atoms with E-state index in [4.69, 9.17) is 0 Å². The van der Waals surface area contributed by atoms with Crippen LogP contribution in [0.3, 0.4) is 0 Å². The van der Waals surface area contributed by atoms with Crippen molar-refractivity contribution in [1.82, 2.24) is 10.6 Å². The smallest absolute Gasteiger partial charge is 0.337 e. The molecule has 2 rings (SSSR count). The van der Waals surface area contributed by atoms with E-state index in [1.54, 1.807) is 24.3 Å². The SMILES string of the molecule is COC(=O)c1ccc(CNC(=O)NC(C)c2ccccc2C)cc1. The van der Waals surface area contributed by atoms with E-state index in [1.807, 2.05) is 38.1 Å². The molecule has 0 fully saturated rings. The van der Waals surface area contributed by atoms with Crippen LogP contribution >= 0.6 is 0 Å². The van der Waals surface area contributed by atoms with Crippen LogP contribution in [0, 0.1) is 6.92 Å². The second kappa shape index (κ2) is 8.15. The van der Waals surface area contributed by atoms with Crippen molar-refractivity contribution in [3.63, 3.8) is 0 Å². The molecule has 2 N–H and O–H groups in total. The van der Waals surface area contributed by atoms with Crippen molar-refractivity contribution < 1.29 is 14.3 Å². The standard InChI is InChI=1S/C19H22N2O3/c1-13-6-4-5-7-17(13)14(2)21-19(23)20-12-15-8-10-16(11-9-15)18(22)24-3/h4-11,14H,12H2,1-3H3,(H2,20,21,23). The van der Waals surface area contributed by atoms with Gasteiger partial charge in [0, 0.05) is 6.54 Å². The molecule has 0 aliphatic heterocycles. The maximum Gasteiger partial charge on any atom is 0.337 e. The minimum Gasteiger partial charge on any atom is -0.465 e. The van der Waals surface area contributed by atoms with Crippen LogP contribution < -0.4 is 10.6 Å². The van der Waals surface area contributed by atoms with Crippen molar-refractivity contribution in [2.45, 2.75) is 26.4 Å². The lowest BCUT2D eigenvalue weighted by atomic mass is 10.0. The van der Waals surface area contributed by atoms with Gasteiger partial charge in [-0.05, 0) is 42.7 Å². The van der Waals surface area contributed by atoms with E-state index in [0.717, 1.165) is 16.7 Å². The molecule has 0 radical (unpaired) electrons. The van der Waals surface area contributed by atoms with Crippen molar-refractivity contribution in [1.29, 1.82) is 0 Å². The van der Waals surface area contributed by atoms with Gasteiger partial charge in [-0.15, -0.1) is 0 Å². The Morgan fingerprint density at radius 1 is 1.08 bits per heavy atom. The van der Waals surface area contributed by atoms with Crippen LogP contribution in [0.1, 0.15) is 40.0 Å². The number of nitrogens with one attached hydrogen (secondary N) is 2. The Morgan fingerprint density at radius 2 is 1.75 bits per heavy atom. The first-order chi connectivity index (χ1) is 11.5. The van der Waals surface area contributed by atoms with Crippen LogP contribution in [-0.2, 0) is 11.3 Å². The number of amides is 2. The molecule has 0 bridgehead atoms. The van der Waals surface area contributed by atoms with Crippen LogP contribution in [-0.4, -0.2) is 19.1 Å². The Morgan fingerprint density at radius 3 is 2.38 bits per heavy atom. The fourth-order valence-corrected chi connectivity index (χ4v) is 2.46. The van der Waals surface area contributed by atoms with Gasteiger partial charge in [0.2, 0.25) is 0 Å². The van der Waals surface area contributed by atoms with Gasteiger partial charge >= 0.3 is 12.0 Å². The summed E-state index contributed by atoms with van der Waals surface area (Å²) in [5, 5.41) is 5.74. The number of rotatable bonds is 5. The summed E-state index contributed by atoms with van der Waals surface area (Å²) in [6.07, 6.45) is 0. The second-order valence-electron chi connectivity index (χ2n) is 5.59. The van der Waals surface area contributed by atoms with E-state index in [9.17, 15) is 9.59 Å². The molecule has 2 aromatic carbocycles. The lowest BCUT2D eigenvalue weighted by Crippen LogP contribution is -2.36. The minimum atomic E-state index is -0.376. The molecule has 0 heterocycles. The summed E-state index contributed by atoms with van der Waals surface area (Å²) >= 11 is 0. The highest BCUT2D eigenvalue weighted by molar-refractivity contribution is 5.89. The summed E-state index contributed by atoms with van der Waals surface area (Å²) in [5.41, 5.74) is 3.62. The van der Waals surface area contributed by atoms with E-state index in [2.05, 4.69) is 15.4 Å². The lowest BCUT2D eigenvalue weighted by molar-refractivity contribution is 0.0600. The van der Waals surface area contributed by atoms with Crippen LogP contribution in [0.4, 0.5) is 4.79 Å². The second-order valence-corrected chi connectivity index (χ2v) is 5.59. The van der Waals surface area contributed by atoms with Gasteiger partial charge in [0.15, 0.2) is 0 Å². The number of methoxy groups -OCH3 is 1. The van der Waals surface area contributed by atoms with Gasteiger partial charge in [-0.25, -0.2) is 9.59 Å². The summed E-state index contributed by atoms with van der Waals surface area (Å²) in [7, 11) is 1.34. The predicted octanol–water partition coefficient (Wildman–Crippen LogP) is 3.34. The molecular weight excluding hydrogens is 304 g/mol. The summed E-state index contributed by atoms with van der Waals surface area (Å²) in [6.45, 7) is 4.36. The zero-order chi connectivity index (χ0) is 17.5. The number of aryl methyl sites for hydroxylation is 1. The number of benzene rings is 2. The monoisotopic (exact) mass is 326 g/mol. The molecule has 0 aromatic heterocycles. The molecule has 0 aliphatic rings. The molecular formula is C19H22N2O3. The van der Waals surface area contributed by atoms with E-state index in [-0.39, 0.29) is 18.0 Å². The van der Waals surface area contributed by atoms with Crippen LogP contribution in [0.2, 0.25) is 0 Å². The molecule has 0 saturated heterocycles. The number of hydrogen-bond acceptors (Lipinski definition) is 3. The third kappa shape index (κ3) is 4.59. The van der Waals surface area contributed by atoms with Crippen molar-refractivity contribution in [2.24, 2.45) is 0 Å². The zero-order valence-electron chi connectivity index (χ0n) is 14.1. The maximum absolute atomic E-state index is 12.0. The molecule has 5 heteroatoms. The van der Waals surface area contributed by atoms with Gasteiger partial charge in [-0.2, -0.15) is 0 Å². The highest BCUT2D eigenvalue weighted by Gasteiger charge is 2.11. The van der Waals surface area contributed by atoms with Crippen molar-refractivity contribution >= 4 is 12.0 Å². The molecule has 126 valence electrons. The molecule has 5 nitrogen and oxygen atoms in total. The maximum atomic E-state index is 12.0. The van der Waals surface area contributed by atoms with Crippen molar-refractivity contribution in [3.8, 4) is 0 Å². The quantitative estimate of drug-likeness (QED) is 0.828. The topological polar surface area (TPSA) is 67.4 Å². The van der Waals surface area contributed by atoms with E-state index < -0.39 is 0 Å². The Kier molecular flexibility index (Phi) is 5.95. The van der Waals surface area contributed by atoms with Crippen LogP contribution in [0.15, 0.2) is 48.5 Å². The van der Waals surface area contributed by atoms with Gasteiger partial charge in [-0.1, -0.05) is 36.4 Å². The number of hydrogen-bond donors (Lipinski definition) is 2. The molecule has 0 aliphatic carbocycles. The number of urea groups is 1. The first-order valence-electron chi connectivity index (χ1n) is 7.78. The molecule has 1 unspecified atom stereocenters. The molecule has 2 amide bonds. The number of carbonyl (C=O) groups excluding carboxylic acids is 2. The highest BCUT2D eigenvalue weighted by Crippen LogP contribution is 2.16. The van der Waals surface area contributed by atoms with E-state index >= 15 is 0 Å². The van der Waals surface area contributed by atoms with Crippen LogP contribution in [0.5, 0.6) is 0 Å². The van der Waals surface area contributed by atoms with Gasteiger partial charge in [0.1, 0.15) is 0 Å². The van der Waals surface area contributed by atoms with E-state index in [1.165, 1.54) is 7.11 Å². The molecule has 0 spiro atoms. The lowest BCUT2D eigenvalue weighted by Gasteiger charge is -2.17. The van der Waals surface area contributed by atoms with Crippen LogP contribution in [0.25, 0.3) is 0 Å². The number of carbonyl (C=O) groups is 2. The number of ether oxygens (including phenoxy) is 1. The fourth-order valence-electron chi connectivity index (χ4n) is 2.46. The Labute approximate surface area is 142 Å². The zero-order valence-corrected chi connectivity index (χ0v) is 14.1. The Balaban J connectivity index is 1.87. The fraction of sp³-hybridized carbons (Fsp3) is 0.263. The Bertz CT molecular complexity index is 711. The average Bonchev–Trinajstić information content (AvgIpc) is 2.60. The molecule has 1 atom stereocenters. The summed E-state index contributed by atoms with van der Waals surface area (Å²) in [5.74, 6) is -0.376. The van der Waals surface area contributed by atoms with E-state index in [0.29, 0.717) is 12.1 Å². The average molecular weight is 326 g/mol. The summed E-state index contributed by atoms with van der Waals surface area (Å²) in [4.78, 5) is 23.4. The van der Waals surface area contributed by atoms with Crippen molar-refractivity contribution in [2.75, 3.05) is 7.11 Å². The van der Waals surface area contributed by atoms with Gasteiger partial charge < -0.3 is 15.4 Å². The summed E-state index contributed by atoms with van der Waals surface area (Å²) in [6, 6.07) is 14.6. The normalized spacial score (nSPS) is 11.5. The third-order valence-corrected chi connectivity index (χ3v) is 3.83. The first kappa shape index (κ1) is 17.5. The molecule has 24 heavy (non-hydrogen) atoms. The third-order valence-electron chi connectivity index (χ3n) is 3.83. The van der Waals surface area contributed by atoms with Gasteiger partial charge in [-0.3, -0.25) is 0 Å². The Hall–Kier alpha value is -2.82. The highest BCUT2D eigenvalue weighted by atomic mass is 16.5. The number of esters is 1. The largest absolute Gasteiger partial charge is 0.465 e. The molecule has 0 saturated carbocycles. The molecule has 2 aromatic rings. The van der Waals surface area contributed by atoms with Gasteiger partial charge in [0.25, 0.3) is 0 Å². The van der Waals surface area contributed by atoms with Gasteiger partial charge in [0.05, 0.1) is 18.7 Å². The summed E-state index contributed by atoms with van der Waals surface area (Å²) < 4.78 is 4.65. The van der Waals surface area contributed by atoms with Crippen molar-refractivity contribution in [3.05, 3.63) is 70.8 Å². The minimum absolute atomic E-state index is 0.0760.